The van der Waals surface area contributed by atoms with E-state index < -0.39 is 18.0 Å². The van der Waals surface area contributed by atoms with E-state index in [1.165, 1.54) is 6.07 Å². The van der Waals surface area contributed by atoms with Gasteiger partial charge in [-0.3, -0.25) is 4.79 Å². The number of para-hydroxylation sites is 1. The normalized spacial score (nSPS) is 11.6. The number of carbonyl (C=O) groups is 2. The second-order valence-corrected chi connectivity index (χ2v) is 6.97. The third-order valence-electron chi connectivity index (χ3n) is 4.67. The number of aromatic hydroxyl groups is 1. The maximum absolute atomic E-state index is 13.0. The Balaban J connectivity index is 1.91. The van der Waals surface area contributed by atoms with Gasteiger partial charge in [-0.1, -0.05) is 54.6 Å². The molecule has 29 heavy (non-hydrogen) atoms. The third-order valence-corrected chi connectivity index (χ3v) is 4.67. The molecule has 0 bridgehead atoms. The molecule has 148 valence electrons. The molecule has 0 heterocycles. The summed E-state index contributed by atoms with van der Waals surface area (Å²) in [6, 6.07) is 19.3. The first-order valence-electron chi connectivity index (χ1n) is 9.29. The summed E-state index contributed by atoms with van der Waals surface area (Å²) in [5, 5.41) is 13.0. The van der Waals surface area contributed by atoms with Gasteiger partial charge in [-0.25, -0.2) is 4.79 Å². The van der Waals surface area contributed by atoms with E-state index >= 15 is 0 Å². The van der Waals surface area contributed by atoms with Crippen LogP contribution in [0.4, 0.5) is 5.69 Å². The largest absolute Gasteiger partial charge is 0.507 e. The van der Waals surface area contributed by atoms with Gasteiger partial charge in [0.25, 0.3) is 5.91 Å². The van der Waals surface area contributed by atoms with Crippen LogP contribution >= 0.6 is 0 Å². The highest BCUT2D eigenvalue weighted by Crippen LogP contribution is 2.27. The number of aryl methyl sites for hydroxylation is 3. The van der Waals surface area contributed by atoms with E-state index in [0.717, 1.165) is 11.1 Å². The minimum absolute atomic E-state index is 0.0190. The van der Waals surface area contributed by atoms with Crippen LogP contribution in [0.2, 0.25) is 0 Å². The first-order valence-corrected chi connectivity index (χ1v) is 9.29. The molecular formula is C24H23NO4. The van der Waals surface area contributed by atoms with Gasteiger partial charge in [0.15, 0.2) is 0 Å². The molecule has 0 radical (unpaired) electrons. The molecule has 3 aromatic rings. The number of benzene rings is 3. The average molecular weight is 389 g/mol. The highest BCUT2D eigenvalue weighted by atomic mass is 16.5. The smallest absolute Gasteiger partial charge is 0.343 e. The maximum atomic E-state index is 13.0. The van der Waals surface area contributed by atoms with E-state index in [2.05, 4.69) is 5.32 Å². The molecule has 3 rings (SSSR count). The maximum Gasteiger partial charge on any atom is 0.343 e. The number of nitrogens with one attached hydrogen (secondary N) is 1. The molecule has 0 aliphatic rings. The molecule has 0 saturated heterocycles. The highest BCUT2D eigenvalue weighted by Gasteiger charge is 2.27. The summed E-state index contributed by atoms with van der Waals surface area (Å²) in [4.78, 5) is 25.8. The van der Waals surface area contributed by atoms with Crippen LogP contribution < -0.4 is 5.32 Å². The summed E-state index contributed by atoms with van der Waals surface area (Å²) >= 11 is 0. The molecule has 5 heteroatoms. The van der Waals surface area contributed by atoms with Gasteiger partial charge in [0.2, 0.25) is 6.10 Å². The van der Waals surface area contributed by atoms with Gasteiger partial charge in [0.1, 0.15) is 11.3 Å². The van der Waals surface area contributed by atoms with E-state index in [-0.39, 0.29) is 11.3 Å². The predicted octanol–water partition coefficient (Wildman–Crippen LogP) is 4.85. The monoisotopic (exact) mass is 389 g/mol. The lowest BCUT2D eigenvalue weighted by Gasteiger charge is -2.19. The lowest BCUT2D eigenvalue weighted by Crippen LogP contribution is -2.26. The lowest BCUT2D eigenvalue weighted by atomic mass is 10.1. The Hall–Kier alpha value is -3.60. The summed E-state index contributed by atoms with van der Waals surface area (Å²) in [6.07, 6.45) is -1.16. The van der Waals surface area contributed by atoms with Crippen LogP contribution in [0.5, 0.6) is 5.75 Å². The number of phenols is 1. The van der Waals surface area contributed by atoms with Crippen molar-refractivity contribution in [2.75, 3.05) is 5.32 Å². The number of hydrogen-bond donors (Lipinski definition) is 2. The number of hydrogen-bond acceptors (Lipinski definition) is 4. The van der Waals surface area contributed by atoms with Gasteiger partial charge in [0, 0.05) is 11.3 Å². The molecule has 5 nitrogen and oxygen atoms in total. The van der Waals surface area contributed by atoms with Crippen LogP contribution in [0.3, 0.4) is 0 Å². The molecule has 0 aromatic heterocycles. The highest BCUT2D eigenvalue weighted by molar-refractivity contribution is 5.99. The molecule has 1 amide bonds. The average Bonchev–Trinajstić information content (AvgIpc) is 2.71. The van der Waals surface area contributed by atoms with Crippen LogP contribution in [0.15, 0.2) is 66.7 Å². The van der Waals surface area contributed by atoms with Crippen LogP contribution in [-0.2, 0) is 9.53 Å². The Kier molecular flexibility index (Phi) is 5.98. The van der Waals surface area contributed by atoms with E-state index in [9.17, 15) is 14.7 Å². The zero-order valence-corrected chi connectivity index (χ0v) is 16.6. The second kappa shape index (κ2) is 8.61. The second-order valence-electron chi connectivity index (χ2n) is 6.97. The Morgan fingerprint density at radius 1 is 0.897 bits per heavy atom. The Morgan fingerprint density at radius 2 is 1.62 bits per heavy atom. The van der Waals surface area contributed by atoms with Crippen molar-refractivity contribution in [3.63, 3.8) is 0 Å². The van der Waals surface area contributed by atoms with Crippen molar-refractivity contribution in [2.24, 2.45) is 0 Å². The molecule has 0 aliphatic carbocycles. The van der Waals surface area contributed by atoms with Crippen molar-refractivity contribution in [1.29, 1.82) is 0 Å². The summed E-state index contributed by atoms with van der Waals surface area (Å²) in [6.45, 7) is 5.52. The summed E-state index contributed by atoms with van der Waals surface area (Å²) in [7, 11) is 0. The summed E-state index contributed by atoms with van der Waals surface area (Å²) in [5.41, 5.74) is 3.67. The molecule has 0 spiro atoms. The first-order chi connectivity index (χ1) is 13.9. The van der Waals surface area contributed by atoms with Gasteiger partial charge in [-0.05, 0) is 49.6 Å². The minimum Gasteiger partial charge on any atom is -0.507 e. The lowest BCUT2D eigenvalue weighted by molar-refractivity contribution is -0.125. The van der Waals surface area contributed by atoms with E-state index in [0.29, 0.717) is 16.8 Å². The van der Waals surface area contributed by atoms with Crippen LogP contribution in [0.1, 0.15) is 38.7 Å². The van der Waals surface area contributed by atoms with Gasteiger partial charge >= 0.3 is 5.97 Å². The number of rotatable bonds is 5. The van der Waals surface area contributed by atoms with Gasteiger partial charge in [0.05, 0.1) is 0 Å². The molecule has 3 aromatic carbocycles. The van der Waals surface area contributed by atoms with Gasteiger partial charge in [-0.2, -0.15) is 0 Å². The number of ether oxygens (including phenoxy) is 1. The van der Waals surface area contributed by atoms with Crippen molar-refractivity contribution in [3.8, 4) is 5.75 Å². The fourth-order valence-electron chi connectivity index (χ4n) is 2.96. The number of anilines is 1. The fourth-order valence-corrected chi connectivity index (χ4v) is 2.96. The van der Waals surface area contributed by atoms with Gasteiger partial charge < -0.3 is 15.2 Å². The van der Waals surface area contributed by atoms with Crippen molar-refractivity contribution < 1.29 is 19.4 Å². The molecule has 1 atom stereocenters. The minimum atomic E-state index is -1.16. The standard InChI is InChI=1S/C24H23NO4/c1-15-12-13-16(2)20(14-15)25-23(27)22(18-9-5-4-6-10-18)29-24(28)19-11-7-8-17(3)21(19)26/h4-14,22,26H,1-3H3,(H,25,27). The molecular weight excluding hydrogens is 366 g/mol. The Bertz CT molecular complexity index is 1040. The SMILES string of the molecule is Cc1ccc(C)c(NC(=O)C(OC(=O)c2cccc(C)c2O)c2ccccc2)c1. The molecule has 0 aliphatic heterocycles. The first kappa shape index (κ1) is 20.1. The third kappa shape index (κ3) is 4.63. The molecule has 0 saturated carbocycles. The topological polar surface area (TPSA) is 75.6 Å². The molecule has 2 N–H and O–H groups in total. The summed E-state index contributed by atoms with van der Waals surface area (Å²) in [5.74, 6) is -1.39. The number of esters is 1. The van der Waals surface area contributed by atoms with Crippen molar-refractivity contribution in [1.82, 2.24) is 0 Å². The van der Waals surface area contributed by atoms with Crippen molar-refractivity contribution in [2.45, 2.75) is 26.9 Å². The number of phenolic OH excluding ortho intramolecular Hbond substituents is 1. The number of amides is 1. The van der Waals surface area contributed by atoms with E-state index in [4.69, 9.17) is 4.74 Å². The van der Waals surface area contributed by atoms with Gasteiger partial charge in [-0.15, -0.1) is 0 Å². The van der Waals surface area contributed by atoms with Crippen LogP contribution in [0.25, 0.3) is 0 Å². The zero-order valence-electron chi connectivity index (χ0n) is 16.6. The van der Waals surface area contributed by atoms with Crippen molar-refractivity contribution >= 4 is 17.6 Å². The quantitative estimate of drug-likeness (QED) is 0.612. The molecule has 0 fully saturated rings. The number of carbonyl (C=O) groups excluding carboxylic acids is 2. The Labute approximate surface area is 170 Å². The van der Waals surface area contributed by atoms with Crippen molar-refractivity contribution in [3.05, 3.63) is 94.5 Å². The molecule has 1 unspecified atom stereocenters. The predicted molar refractivity (Wildman–Crippen MR) is 112 cm³/mol. The fraction of sp³-hybridized carbons (Fsp3) is 0.167. The van der Waals surface area contributed by atoms with Crippen LogP contribution in [0, 0.1) is 20.8 Å². The zero-order chi connectivity index (χ0) is 21.0. The Morgan fingerprint density at radius 3 is 2.34 bits per heavy atom. The van der Waals surface area contributed by atoms with Crippen LogP contribution in [-0.4, -0.2) is 17.0 Å². The van der Waals surface area contributed by atoms with E-state index in [1.807, 2.05) is 38.1 Å². The van der Waals surface area contributed by atoms with E-state index in [1.54, 1.807) is 43.3 Å². The summed E-state index contributed by atoms with van der Waals surface area (Å²) < 4.78 is 5.55.